The largest absolute Gasteiger partial charge is 0.481 e. The Bertz CT molecular complexity index is 372. The highest BCUT2D eigenvalue weighted by atomic mass is 16.5. The predicted molar refractivity (Wildman–Crippen MR) is 71.2 cm³/mol. The number of ether oxygens (including phenoxy) is 1. The van der Waals surface area contributed by atoms with Gasteiger partial charge in [-0.05, 0) is 25.2 Å². The molecule has 0 aromatic heterocycles. The highest BCUT2D eigenvalue weighted by Gasteiger charge is 2.34. The van der Waals surface area contributed by atoms with Gasteiger partial charge in [-0.3, -0.25) is 4.79 Å². The van der Waals surface area contributed by atoms with Crippen LogP contribution in [0.5, 0.6) is 0 Å². The maximum atomic E-state index is 12.0. The van der Waals surface area contributed by atoms with Gasteiger partial charge in [-0.2, -0.15) is 0 Å². The Hall–Kier alpha value is -1.79. The summed E-state index contributed by atoms with van der Waals surface area (Å²) in [4.78, 5) is 35.5. The monoisotopic (exact) mass is 286 g/mol. The van der Waals surface area contributed by atoms with Crippen LogP contribution >= 0.6 is 0 Å². The van der Waals surface area contributed by atoms with Gasteiger partial charge in [-0.1, -0.05) is 6.92 Å². The van der Waals surface area contributed by atoms with Crippen LogP contribution in [0.4, 0.5) is 4.79 Å². The summed E-state index contributed by atoms with van der Waals surface area (Å²) in [6, 6.07) is -0.797. The molecule has 1 saturated heterocycles. The van der Waals surface area contributed by atoms with Crippen LogP contribution in [0.3, 0.4) is 0 Å². The second-order valence-corrected chi connectivity index (χ2v) is 5.10. The fourth-order valence-electron chi connectivity index (χ4n) is 2.23. The van der Waals surface area contributed by atoms with Crippen molar-refractivity contribution < 1.29 is 24.2 Å². The third-order valence-corrected chi connectivity index (χ3v) is 3.44. The number of carbonyl (C=O) groups is 3. The minimum Gasteiger partial charge on any atom is -0.481 e. The van der Waals surface area contributed by atoms with E-state index in [-0.39, 0.29) is 18.4 Å². The molecule has 2 unspecified atom stereocenters. The van der Waals surface area contributed by atoms with Crippen LogP contribution in [0.2, 0.25) is 0 Å². The number of rotatable bonds is 6. The fraction of sp³-hybridized carbons (Fsp3) is 0.769. The highest BCUT2D eigenvalue weighted by Crippen LogP contribution is 2.18. The second-order valence-electron chi connectivity index (χ2n) is 5.10. The highest BCUT2D eigenvalue weighted by molar-refractivity contribution is 5.84. The van der Waals surface area contributed by atoms with E-state index in [0.717, 1.165) is 6.42 Å². The van der Waals surface area contributed by atoms with Crippen LogP contribution in [0.25, 0.3) is 0 Å². The Kier molecular flexibility index (Phi) is 6.27. The van der Waals surface area contributed by atoms with Gasteiger partial charge in [0.1, 0.15) is 6.04 Å². The summed E-state index contributed by atoms with van der Waals surface area (Å²) in [6.45, 7) is 2.82. The van der Waals surface area contributed by atoms with E-state index in [1.54, 1.807) is 0 Å². The first-order valence-corrected chi connectivity index (χ1v) is 6.79. The molecule has 2 atom stereocenters. The van der Waals surface area contributed by atoms with E-state index in [1.807, 2.05) is 6.92 Å². The summed E-state index contributed by atoms with van der Waals surface area (Å²) in [5, 5.41) is 11.3. The van der Waals surface area contributed by atoms with Gasteiger partial charge < -0.3 is 20.1 Å². The van der Waals surface area contributed by atoms with E-state index in [9.17, 15) is 14.4 Å². The average molecular weight is 286 g/mol. The molecule has 7 heteroatoms. The van der Waals surface area contributed by atoms with Crippen LogP contribution in [-0.2, 0) is 14.3 Å². The number of methoxy groups -OCH3 is 1. The molecule has 2 amide bonds. The second kappa shape index (κ2) is 7.72. The van der Waals surface area contributed by atoms with Crippen molar-refractivity contribution in [3.63, 3.8) is 0 Å². The van der Waals surface area contributed by atoms with Crippen molar-refractivity contribution in [2.24, 2.45) is 5.92 Å². The van der Waals surface area contributed by atoms with Crippen molar-refractivity contribution in [1.82, 2.24) is 10.2 Å². The van der Waals surface area contributed by atoms with Crippen molar-refractivity contribution in [1.29, 1.82) is 0 Å². The first kappa shape index (κ1) is 16.3. The number of hydrogen-bond donors (Lipinski definition) is 2. The van der Waals surface area contributed by atoms with Gasteiger partial charge >= 0.3 is 18.0 Å². The third-order valence-electron chi connectivity index (χ3n) is 3.44. The van der Waals surface area contributed by atoms with E-state index in [2.05, 4.69) is 10.1 Å². The summed E-state index contributed by atoms with van der Waals surface area (Å²) < 4.78 is 4.68. The van der Waals surface area contributed by atoms with Gasteiger partial charge in [-0.15, -0.1) is 0 Å². The Morgan fingerprint density at radius 3 is 2.75 bits per heavy atom. The van der Waals surface area contributed by atoms with E-state index >= 15 is 0 Å². The molecule has 2 N–H and O–H groups in total. The number of hydrogen-bond acceptors (Lipinski definition) is 4. The number of nitrogens with one attached hydrogen (secondary N) is 1. The predicted octanol–water partition coefficient (Wildman–Crippen LogP) is 0.834. The number of urea groups is 1. The van der Waals surface area contributed by atoms with Crippen molar-refractivity contribution in [2.45, 2.75) is 38.6 Å². The topological polar surface area (TPSA) is 95.9 Å². The molecule has 20 heavy (non-hydrogen) atoms. The van der Waals surface area contributed by atoms with E-state index < -0.39 is 18.0 Å². The maximum absolute atomic E-state index is 12.0. The number of nitrogens with zero attached hydrogens (tertiary/aromatic N) is 1. The normalized spacial score (nSPS) is 19.5. The van der Waals surface area contributed by atoms with Crippen LogP contribution in [0, 0.1) is 5.92 Å². The summed E-state index contributed by atoms with van der Waals surface area (Å²) in [5.41, 5.74) is 0. The van der Waals surface area contributed by atoms with Gasteiger partial charge in [0.15, 0.2) is 0 Å². The molecule has 0 aromatic rings. The molecule has 0 radical (unpaired) electrons. The molecule has 1 fully saturated rings. The molecule has 0 bridgehead atoms. The molecule has 1 aliphatic rings. The third kappa shape index (κ3) is 4.71. The number of carboxylic acid groups (broad SMARTS) is 1. The molecule has 0 aliphatic carbocycles. The number of carbonyl (C=O) groups excluding carboxylic acids is 2. The zero-order valence-electron chi connectivity index (χ0n) is 11.9. The molecule has 0 saturated carbocycles. The SMILES string of the molecule is COC(=O)C1CCCN1C(=O)NCC(C)CCC(=O)O. The fourth-order valence-corrected chi connectivity index (χ4v) is 2.23. The van der Waals surface area contributed by atoms with Gasteiger partial charge in [0.2, 0.25) is 0 Å². The Morgan fingerprint density at radius 1 is 1.45 bits per heavy atom. The summed E-state index contributed by atoms with van der Waals surface area (Å²) >= 11 is 0. The molecule has 7 nitrogen and oxygen atoms in total. The zero-order chi connectivity index (χ0) is 15.1. The van der Waals surface area contributed by atoms with Crippen molar-refractivity contribution in [3.05, 3.63) is 0 Å². The van der Waals surface area contributed by atoms with Gasteiger partial charge in [-0.25, -0.2) is 9.59 Å². The minimum absolute atomic E-state index is 0.0780. The van der Waals surface area contributed by atoms with Crippen LogP contribution in [-0.4, -0.2) is 54.2 Å². The lowest BCUT2D eigenvalue weighted by Gasteiger charge is -2.23. The number of carboxylic acids is 1. The number of aliphatic carboxylic acids is 1. The van der Waals surface area contributed by atoms with E-state index in [1.165, 1.54) is 12.0 Å². The molecule has 114 valence electrons. The summed E-state index contributed by atoms with van der Waals surface area (Å²) in [5.74, 6) is -1.15. The lowest BCUT2D eigenvalue weighted by Crippen LogP contribution is -2.47. The molecular formula is C13H22N2O5. The summed E-state index contributed by atoms with van der Waals surface area (Å²) in [6.07, 6.45) is 2.00. The number of amides is 2. The zero-order valence-corrected chi connectivity index (χ0v) is 11.9. The van der Waals surface area contributed by atoms with Crippen molar-refractivity contribution in [2.75, 3.05) is 20.2 Å². The van der Waals surface area contributed by atoms with E-state index in [0.29, 0.717) is 25.9 Å². The Balaban J connectivity index is 2.38. The standard InChI is InChI=1S/C13H22N2O5/c1-9(5-6-11(16)17)8-14-13(19)15-7-3-4-10(15)12(18)20-2/h9-10H,3-8H2,1-2H3,(H,14,19)(H,16,17). The van der Waals surface area contributed by atoms with Gasteiger partial charge in [0.05, 0.1) is 7.11 Å². The molecule has 1 rings (SSSR count). The molecule has 0 spiro atoms. The Labute approximate surface area is 118 Å². The average Bonchev–Trinajstić information content (AvgIpc) is 2.90. The molecule has 1 aliphatic heterocycles. The summed E-state index contributed by atoms with van der Waals surface area (Å²) in [7, 11) is 1.31. The minimum atomic E-state index is -0.839. The smallest absolute Gasteiger partial charge is 0.328 e. The van der Waals surface area contributed by atoms with Crippen LogP contribution in [0.15, 0.2) is 0 Å². The Morgan fingerprint density at radius 2 is 2.15 bits per heavy atom. The first-order valence-electron chi connectivity index (χ1n) is 6.79. The lowest BCUT2D eigenvalue weighted by atomic mass is 10.1. The first-order chi connectivity index (χ1) is 9.45. The van der Waals surface area contributed by atoms with Crippen molar-refractivity contribution in [3.8, 4) is 0 Å². The molecular weight excluding hydrogens is 264 g/mol. The van der Waals surface area contributed by atoms with Crippen LogP contribution < -0.4 is 5.32 Å². The molecule has 1 heterocycles. The number of esters is 1. The van der Waals surface area contributed by atoms with Gasteiger partial charge in [0, 0.05) is 19.5 Å². The number of likely N-dealkylation sites (tertiary alicyclic amines) is 1. The lowest BCUT2D eigenvalue weighted by molar-refractivity contribution is -0.145. The van der Waals surface area contributed by atoms with Gasteiger partial charge in [0.25, 0.3) is 0 Å². The molecule has 0 aromatic carbocycles. The quantitative estimate of drug-likeness (QED) is 0.705. The van der Waals surface area contributed by atoms with Crippen LogP contribution in [0.1, 0.15) is 32.6 Å². The van der Waals surface area contributed by atoms with E-state index in [4.69, 9.17) is 5.11 Å². The maximum Gasteiger partial charge on any atom is 0.328 e. The van der Waals surface area contributed by atoms with Crippen molar-refractivity contribution >= 4 is 18.0 Å².